The summed E-state index contributed by atoms with van der Waals surface area (Å²) in [5, 5.41) is 24.6. The van der Waals surface area contributed by atoms with Gasteiger partial charge in [-0.15, -0.1) is 0 Å². The lowest BCUT2D eigenvalue weighted by atomic mass is 9.73. The molecule has 3 heterocycles. The van der Waals surface area contributed by atoms with Crippen molar-refractivity contribution in [2.45, 2.75) is 136 Å². The molecular weight excluding hydrogens is 740 g/mol. The minimum absolute atomic E-state index is 0.0132. The molecule has 3 saturated heterocycles. The number of rotatable bonds is 6. The molecule has 0 radical (unpaired) electrons. The summed E-state index contributed by atoms with van der Waals surface area (Å²) >= 11 is 6.24. The van der Waals surface area contributed by atoms with Gasteiger partial charge in [0.25, 0.3) is 0 Å². The standard InChI is InChI=1S/C43H63ClN2O10/c1-12-34-43(9,51)39-26(4)35(45-29(7)47)24(2)21-42(8,53-23-31(22-52-39)17-13-15-30-16-14-18-32(44)20-30)38(27(5)36(48)28(6)40(50)55-34)56-41-37(49)33(46(10)11)19-25(3)54-41/h13-18,20,24-28,33-34,37-39,41,49,51H,12,19,21-23H2,1-11H3/b15-13+,31-17-,45-35?/t24?,25-,26?,27+,28-,33+,34+,37?,38?,39?,41+,42-,43-/m1/s1. The number of aliphatic hydroxyl groups is 2. The van der Waals surface area contributed by atoms with E-state index in [4.69, 9.17) is 35.3 Å². The van der Waals surface area contributed by atoms with Crippen LogP contribution in [-0.2, 0) is 38.1 Å². The van der Waals surface area contributed by atoms with E-state index in [2.05, 4.69) is 4.99 Å². The van der Waals surface area contributed by atoms with Gasteiger partial charge in [-0.3, -0.25) is 14.4 Å². The Morgan fingerprint density at radius 2 is 1.80 bits per heavy atom. The lowest BCUT2D eigenvalue weighted by Crippen LogP contribution is -2.60. The van der Waals surface area contributed by atoms with Crippen LogP contribution in [0.1, 0.15) is 87.1 Å². The number of nitrogens with zero attached hydrogens (tertiary/aromatic N) is 2. The molecule has 1 amide bonds. The Bertz CT molecular complexity index is 1640. The Hall–Kier alpha value is -2.81. The van der Waals surface area contributed by atoms with Crippen molar-refractivity contribution in [2.24, 2.45) is 28.7 Å². The van der Waals surface area contributed by atoms with E-state index in [1.54, 1.807) is 26.8 Å². The zero-order chi connectivity index (χ0) is 41.7. The molecule has 0 aliphatic carbocycles. The fourth-order valence-corrected chi connectivity index (χ4v) is 8.77. The van der Waals surface area contributed by atoms with Crippen molar-refractivity contribution in [3.8, 4) is 0 Å². The third-order valence-electron chi connectivity index (χ3n) is 11.6. The van der Waals surface area contributed by atoms with Gasteiger partial charge in [-0.05, 0) is 90.2 Å². The molecule has 1 aromatic rings. The molecule has 0 aromatic heterocycles. The average Bonchev–Trinajstić information content (AvgIpc) is 3.14. The highest BCUT2D eigenvalue weighted by molar-refractivity contribution is 6.30. The van der Waals surface area contributed by atoms with Crippen molar-refractivity contribution in [1.82, 2.24) is 4.90 Å². The first-order chi connectivity index (χ1) is 26.2. The highest BCUT2D eigenvalue weighted by Gasteiger charge is 2.53. The molecule has 0 spiro atoms. The molecular formula is C43H63ClN2O10. The summed E-state index contributed by atoms with van der Waals surface area (Å²) in [6.45, 7) is 15.4. The third kappa shape index (κ3) is 10.8. The number of carbonyl (C=O) groups is 3. The maximum atomic E-state index is 14.5. The molecule has 312 valence electrons. The first-order valence-corrected chi connectivity index (χ1v) is 20.2. The van der Waals surface area contributed by atoms with Gasteiger partial charge < -0.3 is 38.8 Å². The lowest BCUT2D eigenvalue weighted by Gasteiger charge is -2.47. The summed E-state index contributed by atoms with van der Waals surface area (Å²) < 4.78 is 32.6. The normalized spacial score (nSPS) is 39.7. The molecule has 13 heteroatoms. The van der Waals surface area contributed by atoms with Crippen molar-refractivity contribution in [1.29, 1.82) is 0 Å². The number of carbonyl (C=O) groups excluding carboxylic acids is 3. The summed E-state index contributed by atoms with van der Waals surface area (Å²) in [5.41, 5.74) is -1.10. The van der Waals surface area contributed by atoms with E-state index < -0.39 is 83.2 Å². The van der Waals surface area contributed by atoms with Crippen molar-refractivity contribution in [3.63, 3.8) is 0 Å². The highest BCUT2D eigenvalue weighted by Crippen LogP contribution is 2.40. The zero-order valence-electron chi connectivity index (χ0n) is 34.9. The molecule has 1 aromatic carbocycles. The van der Waals surface area contributed by atoms with E-state index in [9.17, 15) is 24.6 Å². The van der Waals surface area contributed by atoms with E-state index in [-0.39, 0.29) is 38.2 Å². The van der Waals surface area contributed by atoms with Crippen LogP contribution >= 0.6 is 11.6 Å². The second kappa shape index (κ2) is 19.3. The number of hydrogen-bond acceptors (Lipinski definition) is 11. The Labute approximate surface area is 337 Å². The number of hydrogen-bond donors (Lipinski definition) is 2. The van der Waals surface area contributed by atoms with Crippen molar-refractivity contribution < 1.29 is 48.3 Å². The molecule has 3 fully saturated rings. The lowest BCUT2D eigenvalue weighted by molar-refractivity contribution is -0.296. The number of aliphatic imine (C=N–C) groups is 1. The van der Waals surface area contributed by atoms with Crippen LogP contribution in [0.5, 0.6) is 0 Å². The molecule has 3 aliphatic rings. The van der Waals surface area contributed by atoms with Gasteiger partial charge in [0, 0.05) is 35.5 Å². The quantitative estimate of drug-likeness (QED) is 0.264. The minimum Gasteiger partial charge on any atom is -0.459 e. The number of benzene rings is 1. The van der Waals surface area contributed by atoms with E-state index >= 15 is 0 Å². The van der Waals surface area contributed by atoms with Crippen LogP contribution in [0.4, 0.5) is 0 Å². The zero-order valence-corrected chi connectivity index (χ0v) is 35.6. The smallest absolute Gasteiger partial charge is 0.316 e. The highest BCUT2D eigenvalue weighted by atomic mass is 35.5. The van der Waals surface area contributed by atoms with Gasteiger partial charge in [0.15, 0.2) is 12.1 Å². The molecule has 56 heavy (non-hydrogen) atoms. The number of cyclic esters (lactones) is 1. The maximum absolute atomic E-state index is 14.5. The Balaban J connectivity index is 1.97. The molecule has 2 N–H and O–H groups in total. The van der Waals surface area contributed by atoms with Crippen molar-refractivity contribution in [3.05, 3.63) is 52.6 Å². The number of esters is 1. The summed E-state index contributed by atoms with van der Waals surface area (Å²) in [7, 11) is 3.75. The van der Waals surface area contributed by atoms with E-state index in [0.717, 1.165) is 5.56 Å². The van der Waals surface area contributed by atoms with Gasteiger partial charge in [0.2, 0.25) is 5.91 Å². The molecule has 4 rings (SSSR count). The minimum atomic E-state index is -1.79. The SMILES string of the molecule is CC[C@@H]1OC(=O)[C@H](C)C(=O)[C@H](C)C(O[C@@H]2O[C@H](C)C[C@H](N(C)C)C2O)[C@@]2(C)CC(C)C(=NC(C)=O)C(C)C(OC/C(=C/C=C/c3cccc(Cl)c3)CO2)[C@]1(C)O. The Kier molecular flexibility index (Phi) is 15.8. The number of ether oxygens (including phenoxy) is 5. The van der Waals surface area contributed by atoms with Gasteiger partial charge in [-0.25, -0.2) is 4.99 Å². The number of halogens is 1. The van der Waals surface area contributed by atoms with Crippen molar-refractivity contribution in [2.75, 3.05) is 27.3 Å². The summed E-state index contributed by atoms with van der Waals surface area (Å²) in [6, 6.07) is 7.11. The second-order valence-corrected chi connectivity index (χ2v) is 17.1. The van der Waals surface area contributed by atoms with Gasteiger partial charge >= 0.3 is 5.97 Å². The predicted molar refractivity (Wildman–Crippen MR) is 215 cm³/mol. The summed E-state index contributed by atoms with van der Waals surface area (Å²) in [4.78, 5) is 47.5. The van der Waals surface area contributed by atoms with E-state index in [1.807, 2.05) is 83.1 Å². The number of allylic oxidation sites excluding steroid dienone is 2. The van der Waals surface area contributed by atoms with Crippen molar-refractivity contribution >= 4 is 41.0 Å². The molecule has 5 unspecified atom stereocenters. The van der Waals surface area contributed by atoms with Crippen LogP contribution < -0.4 is 0 Å². The van der Waals surface area contributed by atoms with Gasteiger partial charge in [-0.2, -0.15) is 0 Å². The molecule has 3 aliphatic heterocycles. The molecule has 13 atom stereocenters. The second-order valence-electron chi connectivity index (χ2n) is 16.6. The fourth-order valence-electron chi connectivity index (χ4n) is 8.58. The Morgan fingerprint density at radius 3 is 2.43 bits per heavy atom. The number of ketones is 1. The van der Waals surface area contributed by atoms with Gasteiger partial charge in [0.05, 0.1) is 37.1 Å². The fraction of sp³-hybridized carbons (Fsp3) is 0.674. The largest absolute Gasteiger partial charge is 0.459 e. The van der Waals surface area contributed by atoms with Gasteiger partial charge in [0.1, 0.15) is 23.7 Å². The number of fused-ring (bicyclic) bond motifs is 5. The number of likely N-dealkylation sites (N-methyl/N-ethyl adjacent to an activating group) is 1. The average molecular weight is 803 g/mol. The maximum Gasteiger partial charge on any atom is 0.316 e. The van der Waals surface area contributed by atoms with Crippen LogP contribution in [0.2, 0.25) is 5.02 Å². The first-order valence-electron chi connectivity index (χ1n) is 19.8. The van der Waals surface area contributed by atoms with E-state index in [1.165, 1.54) is 13.8 Å². The Morgan fingerprint density at radius 1 is 1.11 bits per heavy atom. The number of Topliss-reactive ketones (excluding diaryl/α,β-unsaturated/α-hetero) is 1. The summed E-state index contributed by atoms with van der Waals surface area (Å²) in [6.07, 6.45) is 0.873. The van der Waals surface area contributed by atoms with Crippen LogP contribution in [0.25, 0.3) is 6.08 Å². The summed E-state index contributed by atoms with van der Waals surface area (Å²) in [5.74, 6) is -5.07. The number of aliphatic hydroxyl groups excluding tert-OH is 1. The van der Waals surface area contributed by atoms with Crippen LogP contribution in [0.3, 0.4) is 0 Å². The number of amides is 1. The first kappa shape index (κ1) is 45.9. The molecule has 2 bridgehead atoms. The monoisotopic (exact) mass is 802 g/mol. The van der Waals surface area contributed by atoms with Gasteiger partial charge in [-0.1, -0.05) is 69.7 Å². The molecule has 0 saturated carbocycles. The van der Waals surface area contributed by atoms with Crippen LogP contribution in [-0.4, -0.2) is 120 Å². The van der Waals surface area contributed by atoms with Crippen LogP contribution in [0.15, 0.2) is 47.0 Å². The topological polar surface area (TPSA) is 153 Å². The molecule has 12 nitrogen and oxygen atoms in total. The third-order valence-corrected chi connectivity index (χ3v) is 11.9. The van der Waals surface area contributed by atoms with Crippen LogP contribution in [0, 0.1) is 23.7 Å². The predicted octanol–water partition coefficient (Wildman–Crippen LogP) is 5.84. The van der Waals surface area contributed by atoms with E-state index in [0.29, 0.717) is 22.7 Å².